The van der Waals surface area contributed by atoms with Crippen molar-refractivity contribution in [3.8, 4) is 0 Å². The molecule has 1 aromatic carbocycles. The molecule has 0 unspecified atom stereocenters. The van der Waals surface area contributed by atoms with Gasteiger partial charge in [-0.3, -0.25) is 0 Å². The van der Waals surface area contributed by atoms with Crippen LogP contribution < -0.4 is 3.58 Å². The molecule has 0 N–H and O–H groups in total. The van der Waals surface area contributed by atoms with Crippen LogP contribution in [-0.4, -0.2) is 21.1 Å². The minimum atomic E-state index is -0.544. The van der Waals surface area contributed by atoms with Crippen molar-refractivity contribution < 1.29 is 0 Å². The molecule has 0 aliphatic heterocycles. The summed E-state index contributed by atoms with van der Waals surface area (Å²) in [5, 5.41) is 0. The van der Waals surface area contributed by atoms with Crippen molar-refractivity contribution >= 4 is 24.7 Å². The first-order valence-electron chi connectivity index (χ1n) is 4.88. The monoisotopic (exact) mass is 270 g/mol. The molecule has 0 heterocycles. The molecule has 0 saturated carbocycles. The van der Waals surface area contributed by atoms with E-state index in [-0.39, 0.29) is 0 Å². The molecule has 12 heavy (non-hydrogen) atoms. The zero-order valence-electron chi connectivity index (χ0n) is 8.14. The van der Waals surface area contributed by atoms with Crippen LogP contribution in [0.25, 0.3) is 0 Å². The average molecular weight is 269 g/mol. The fraction of sp³-hybridized carbons (Fsp3) is 0.455. The summed E-state index contributed by atoms with van der Waals surface area (Å²) < 4.78 is 3.23. The Morgan fingerprint density at radius 1 is 1.17 bits per heavy atom. The number of aryl methyl sites for hydroxylation is 1. The van der Waals surface area contributed by atoms with Gasteiger partial charge >= 0.3 is 85.7 Å². The van der Waals surface area contributed by atoms with Crippen LogP contribution in [-0.2, 0) is 0 Å². The summed E-state index contributed by atoms with van der Waals surface area (Å²) in [5.41, 5.74) is 1.39. The van der Waals surface area contributed by atoms with Crippen molar-refractivity contribution in [1.82, 2.24) is 0 Å². The normalized spacial score (nSPS) is 11.2. The Morgan fingerprint density at radius 2 is 1.83 bits per heavy atom. The molecule has 1 aromatic rings. The molecule has 0 radical (unpaired) electrons. The standard InChI is InChI=1S/C7H7.C4H9.Sn.2H/c1-7-5-3-2-4-6-7;1-3-4-2;;;/h3-6H,1H3;1,3-4H2,2H3;;;. The van der Waals surface area contributed by atoms with Crippen molar-refractivity contribution in [2.75, 3.05) is 0 Å². The zero-order chi connectivity index (χ0) is 8.81. The van der Waals surface area contributed by atoms with E-state index < -0.39 is 21.1 Å². The first-order valence-corrected chi connectivity index (χ1v) is 9.75. The van der Waals surface area contributed by atoms with Crippen LogP contribution >= 0.6 is 0 Å². The van der Waals surface area contributed by atoms with Gasteiger partial charge in [-0.25, -0.2) is 0 Å². The van der Waals surface area contributed by atoms with E-state index in [2.05, 4.69) is 38.1 Å². The molecule has 0 spiro atoms. The SMILES string of the molecule is CCC[CH2][SnH2][c]1ccc(C)cc1. The molecule has 0 bridgehead atoms. The van der Waals surface area contributed by atoms with Crippen molar-refractivity contribution in [2.45, 2.75) is 31.1 Å². The molecule has 0 saturated heterocycles. The predicted octanol–water partition coefficient (Wildman–Crippen LogP) is 2.01. The Labute approximate surface area is 85.6 Å². The second kappa shape index (κ2) is 5.63. The molecule has 0 fully saturated rings. The molecule has 0 amide bonds. The van der Waals surface area contributed by atoms with Gasteiger partial charge < -0.3 is 0 Å². The Bertz CT molecular complexity index is 213. The third kappa shape index (κ3) is 3.61. The van der Waals surface area contributed by atoms with Gasteiger partial charge in [-0.05, 0) is 0 Å². The van der Waals surface area contributed by atoms with E-state index in [1.54, 1.807) is 8.02 Å². The van der Waals surface area contributed by atoms with Gasteiger partial charge in [0.05, 0.1) is 0 Å². The van der Waals surface area contributed by atoms with E-state index in [0.29, 0.717) is 0 Å². The van der Waals surface area contributed by atoms with E-state index in [1.165, 1.54) is 18.4 Å². The molecular formula is C11H18Sn. The average Bonchev–Trinajstić information content (AvgIpc) is 2.09. The van der Waals surface area contributed by atoms with Gasteiger partial charge in [-0.1, -0.05) is 0 Å². The summed E-state index contributed by atoms with van der Waals surface area (Å²) in [4.78, 5) is 0. The minimum absolute atomic E-state index is 0.544. The first kappa shape index (κ1) is 10.1. The Balaban J connectivity index is 2.37. The molecule has 66 valence electrons. The van der Waals surface area contributed by atoms with Crippen molar-refractivity contribution in [3.05, 3.63) is 29.8 Å². The van der Waals surface area contributed by atoms with Crippen LogP contribution in [0.1, 0.15) is 25.3 Å². The first-order chi connectivity index (χ1) is 5.83. The number of hydrogen-bond donors (Lipinski definition) is 0. The van der Waals surface area contributed by atoms with Gasteiger partial charge in [0.1, 0.15) is 0 Å². The van der Waals surface area contributed by atoms with Gasteiger partial charge in [0.15, 0.2) is 0 Å². The Hall–Kier alpha value is 0.0187. The van der Waals surface area contributed by atoms with Crippen LogP contribution in [0, 0.1) is 6.92 Å². The van der Waals surface area contributed by atoms with Crippen LogP contribution in [0.3, 0.4) is 0 Å². The second-order valence-electron chi connectivity index (χ2n) is 3.44. The second-order valence-corrected chi connectivity index (χ2v) is 9.22. The number of hydrogen-bond acceptors (Lipinski definition) is 0. The molecular weight excluding hydrogens is 251 g/mol. The Morgan fingerprint density at radius 3 is 2.42 bits per heavy atom. The molecule has 0 atom stereocenters. The van der Waals surface area contributed by atoms with Crippen LogP contribution in [0.2, 0.25) is 4.44 Å². The van der Waals surface area contributed by atoms with Crippen molar-refractivity contribution in [3.63, 3.8) is 0 Å². The summed E-state index contributed by atoms with van der Waals surface area (Å²) in [5.74, 6) is 0. The quantitative estimate of drug-likeness (QED) is 0.579. The summed E-state index contributed by atoms with van der Waals surface area (Å²) in [6.07, 6.45) is 2.81. The fourth-order valence-corrected chi connectivity index (χ4v) is 6.26. The van der Waals surface area contributed by atoms with E-state index in [0.717, 1.165) is 0 Å². The molecule has 0 nitrogen and oxygen atoms in total. The van der Waals surface area contributed by atoms with E-state index in [9.17, 15) is 0 Å². The topological polar surface area (TPSA) is 0 Å². The van der Waals surface area contributed by atoms with E-state index in [1.807, 2.05) is 0 Å². The summed E-state index contributed by atoms with van der Waals surface area (Å²) in [6, 6.07) is 9.17. The zero-order valence-corrected chi connectivity index (χ0v) is 12.2. The third-order valence-corrected chi connectivity index (χ3v) is 7.62. The maximum absolute atomic E-state index is 2.33. The third-order valence-electron chi connectivity index (χ3n) is 2.19. The maximum atomic E-state index is 2.33. The molecule has 0 aromatic heterocycles. The van der Waals surface area contributed by atoms with Crippen molar-refractivity contribution in [2.24, 2.45) is 0 Å². The number of unbranched alkanes of at least 4 members (excludes halogenated alkanes) is 1. The molecule has 1 heteroatoms. The summed E-state index contributed by atoms with van der Waals surface area (Å²) in [7, 11) is 0. The van der Waals surface area contributed by atoms with Crippen LogP contribution in [0.5, 0.6) is 0 Å². The van der Waals surface area contributed by atoms with Crippen LogP contribution in [0.4, 0.5) is 0 Å². The fourth-order valence-electron chi connectivity index (χ4n) is 1.33. The molecule has 0 aliphatic carbocycles. The molecule has 0 aliphatic rings. The van der Waals surface area contributed by atoms with Gasteiger partial charge in [-0.2, -0.15) is 0 Å². The van der Waals surface area contributed by atoms with E-state index in [4.69, 9.17) is 0 Å². The number of benzene rings is 1. The van der Waals surface area contributed by atoms with Gasteiger partial charge in [0, 0.05) is 0 Å². The van der Waals surface area contributed by atoms with E-state index >= 15 is 0 Å². The molecule has 1 rings (SSSR count). The summed E-state index contributed by atoms with van der Waals surface area (Å²) >= 11 is -0.544. The van der Waals surface area contributed by atoms with Gasteiger partial charge in [0.2, 0.25) is 0 Å². The van der Waals surface area contributed by atoms with Gasteiger partial charge in [-0.15, -0.1) is 0 Å². The van der Waals surface area contributed by atoms with Crippen molar-refractivity contribution in [1.29, 1.82) is 0 Å². The Kier molecular flexibility index (Phi) is 4.74. The number of rotatable bonds is 4. The predicted molar refractivity (Wildman–Crippen MR) is 59.1 cm³/mol. The van der Waals surface area contributed by atoms with Gasteiger partial charge in [0.25, 0.3) is 0 Å². The summed E-state index contributed by atoms with van der Waals surface area (Å²) in [6.45, 7) is 4.44. The van der Waals surface area contributed by atoms with Crippen LogP contribution in [0.15, 0.2) is 24.3 Å².